The van der Waals surface area contributed by atoms with Crippen LogP contribution in [0.4, 0.5) is 10.1 Å². The highest BCUT2D eigenvalue weighted by molar-refractivity contribution is 6.33. The Balaban J connectivity index is 1.78. The summed E-state index contributed by atoms with van der Waals surface area (Å²) in [6.07, 6.45) is 5.09. The third-order valence-electron chi connectivity index (χ3n) is 4.03. The molecule has 4 aromatic rings. The van der Waals surface area contributed by atoms with Gasteiger partial charge in [-0.3, -0.25) is 4.79 Å². The van der Waals surface area contributed by atoms with Crippen molar-refractivity contribution >= 4 is 23.2 Å². The molecule has 1 N–H and O–H groups in total. The second kappa shape index (κ2) is 7.09. The molecule has 0 saturated carbocycles. The lowest BCUT2D eigenvalue weighted by atomic mass is 10.2. The van der Waals surface area contributed by atoms with E-state index >= 15 is 0 Å². The van der Waals surface area contributed by atoms with Crippen LogP contribution in [0.1, 0.15) is 10.4 Å². The fraction of sp³-hybridized carbons (Fsp3) is 0. The number of carbonyl (C=O) groups excluding carboxylic acids is 1. The summed E-state index contributed by atoms with van der Waals surface area (Å²) < 4.78 is 16.6. The Morgan fingerprint density at radius 3 is 2.41 bits per heavy atom. The Labute approximate surface area is 159 Å². The van der Waals surface area contributed by atoms with Crippen LogP contribution in [0.15, 0.2) is 79.3 Å². The first-order valence-corrected chi connectivity index (χ1v) is 8.54. The van der Waals surface area contributed by atoms with Gasteiger partial charge in [-0.25, -0.2) is 9.07 Å². The summed E-state index contributed by atoms with van der Waals surface area (Å²) in [5.41, 5.74) is 1.50. The Morgan fingerprint density at radius 1 is 1.00 bits per heavy atom. The van der Waals surface area contributed by atoms with Crippen molar-refractivity contribution in [2.75, 3.05) is 5.32 Å². The number of hydrogen-bond acceptors (Lipinski definition) is 2. The first-order chi connectivity index (χ1) is 13.1. The van der Waals surface area contributed by atoms with Gasteiger partial charge in [-0.05, 0) is 48.5 Å². The van der Waals surface area contributed by atoms with Gasteiger partial charge >= 0.3 is 0 Å². The molecule has 0 aliphatic heterocycles. The van der Waals surface area contributed by atoms with E-state index in [1.807, 2.05) is 24.5 Å². The minimum atomic E-state index is -0.347. The van der Waals surface area contributed by atoms with Gasteiger partial charge in [-0.1, -0.05) is 23.7 Å². The predicted molar refractivity (Wildman–Crippen MR) is 102 cm³/mol. The Morgan fingerprint density at radius 2 is 1.70 bits per heavy atom. The molecule has 0 aliphatic rings. The first kappa shape index (κ1) is 17.1. The van der Waals surface area contributed by atoms with Crippen molar-refractivity contribution in [2.45, 2.75) is 0 Å². The van der Waals surface area contributed by atoms with Crippen LogP contribution in [-0.2, 0) is 0 Å². The van der Waals surface area contributed by atoms with Crippen molar-refractivity contribution in [2.24, 2.45) is 0 Å². The molecule has 27 heavy (non-hydrogen) atoms. The van der Waals surface area contributed by atoms with E-state index in [1.54, 1.807) is 45.6 Å². The highest BCUT2D eigenvalue weighted by Gasteiger charge is 2.20. The maximum absolute atomic E-state index is 13.3. The molecular formula is C20H14ClFN4O. The highest BCUT2D eigenvalue weighted by atomic mass is 35.5. The molecule has 1 amide bonds. The van der Waals surface area contributed by atoms with Gasteiger partial charge in [0.25, 0.3) is 5.91 Å². The number of carbonyl (C=O) groups is 1. The minimum absolute atomic E-state index is 0.342. The van der Waals surface area contributed by atoms with Crippen LogP contribution in [-0.4, -0.2) is 20.3 Å². The molecular weight excluding hydrogens is 367 g/mol. The summed E-state index contributed by atoms with van der Waals surface area (Å²) in [5.74, 6) is -0.151. The van der Waals surface area contributed by atoms with E-state index in [9.17, 15) is 9.18 Å². The van der Waals surface area contributed by atoms with E-state index in [1.165, 1.54) is 18.3 Å². The molecule has 5 nitrogen and oxygen atoms in total. The molecule has 134 valence electrons. The summed E-state index contributed by atoms with van der Waals surface area (Å²) in [6, 6.07) is 16.6. The number of halogens is 2. The van der Waals surface area contributed by atoms with Crippen LogP contribution in [0.2, 0.25) is 5.02 Å². The van der Waals surface area contributed by atoms with Gasteiger partial charge in [0.05, 0.1) is 22.6 Å². The van der Waals surface area contributed by atoms with Crippen molar-refractivity contribution in [3.8, 4) is 11.5 Å². The number of hydrogen-bond donors (Lipinski definition) is 1. The van der Waals surface area contributed by atoms with Crippen molar-refractivity contribution in [3.05, 3.63) is 95.7 Å². The average Bonchev–Trinajstić information content (AvgIpc) is 3.33. The van der Waals surface area contributed by atoms with E-state index in [0.29, 0.717) is 27.8 Å². The van der Waals surface area contributed by atoms with Gasteiger partial charge in [0, 0.05) is 12.4 Å². The van der Waals surface area contributed by atoms with Crippen LogP contribution in [0, 0.1) is 5.82 Å². The summed E-state index contributed by atoms with van der Waals surface area (Å²) in [5, 5.41) is 7.59. The lowest BCUT2D eigenvalue weighted by molar-refractivity contribution is 0.102. The molecule has 4 rings (SSSR count). The second-order valence-electron chi connectivity index (χ2n) is 5.79. The third kappa shape index (κ3) is 3.35. The number of rotatable bonds is 4. The fourth-order valence-corrected chi connectivity index (χ4v) is 2.93. The first-order valence-electron chi connectivity index (χ1n) is 8.16. The molecule has 0 atom stereocenters. The molecule has 0 bridgehead atoms. The third-order valence-corrected chi connectivity index (χ3v) is 4.36. The van der Waals surface area contributed by atoms with Crippen molar-refractivity contribution in [1.82, 2.24) is 14.3 Å². The maximum atomic E-state index is 13.3. The van der Waals surface area contributed by atoms with Gasteiger partial charge in [0.2, 0.25) is 0 Å². The monoisotopic (exact) mass is 380 g/mol. The van der Waals surface area contributed by atoms with E-state index in [2.05, 4.69) is 10.4 Å². The second-order valence-corrected chi connectivity index (χ2v) is 6.20. The molecule has 0 spiro atoms. The summed E-state index contributed by atoms with van der Waals surface area (Å²) in [4.78, 5) is 12.9. The van der Waals surface area contributed by atoms with Gasteiger partial charge in [-0.2, -0.15) is 5.10 Å². The molecule has 0 radical (unpaired) electrons. The fourth-order valence-electron chi connectivity index (χ4n) is 2.75. The van der Waals surface area contributed by atoms with Crippen LogP contribution >= 0.6 is 11.6 Å². The van der Waals surface area contributed by atoms with Gasteiger partial charge in [-0.15, -0.1) is 0 Å². The van der Waals surface area contributed by atoms with Crippen LogP contribution in [0.25, 0.3) is 11.5 Å². The topological polar surface area (TPSA) is 51.9 Å². The minimum Gasteiger partial charge on any atom is -0.320 e. The van der Waals surface area contributed by atoms with E-state index in [-0.39, 0.29) is 11.7 Å². The average molecular weight is 381 g/mol. The van der Waals surface area contributed by atoms with Gasteiger partial charge in [0.15, 0.2) is 5.82 Å². The zero-order valence-electron chi connectivity index (χ0n) is 14.0. The SMILES string of the molecule is O=C(Nc1ccccc1Cl)c1cnn(-c2ccc(F)cc2)c1-n1cccc1. The largest absolute Gasteiger partial charge is 0.320 e. The highest BCUT2D eigenvalue weighted by Crippen LogP contribution is 2.24. The number of benzene rings is 2. The van der Waals surface area contributed by atoms with Crippen molar-refractivity contribution in [1.29, 1.82) is 0 Å². The standard InChI is InChI=1S/C20H14ClFN4O/c21-17-5-1-2-6-18(17)24-19(27)16-13-23-26(15-9-7-14(22)8-10-15)20(16)25-11-3-4-12-25/h1-13H,(H,24,27). The summed E-state index contributed by atoms with van der Waals surface area (Å²) in [6.45, 7) is 0. The number of nitrogens with zero attached hydrogens (tertiary/aromatic N) is 3. The summed E-state index contributed by atoms with van der Waals surface area (Å²) in [7, 11) is 0. The van der Waals surface area contributed by atoms with Gasteiger partial charge in [0.1, 0.15) is 11.4 Å². The van der Waals surface area contributed by atoms with Crippen LogP contribution in [0.5, 0.6) is 0 Å². The zero-order valence-corrected chi connectivity index (χ0v) is 14.8. The molecule has 2 heterocycles. The molecule has 7 heteroatoms. The van der Waals surface area contributed by atoms with Crippen molar-refractivity contribution in [3.63, 3.8) is 0 Å². The Hall–Kier alpha value is -3.38. The number of para-hydroxylation sites is 1. The molecule has 2 aromatic heterocycles. The van der Waals surface area contributed by atoms with E-state index in [0.717, 1.165) is 0 Å². The van der Waals surface area contributed by atoms with E-state index < -0.39 is 0 Å². The lowest BCUT2D eigenvalue weighted by Gasteiger charge is -2.11. The quantitative estimate of drug-likeness (QED) is 0.557. The molecule has 0 unspecified atom stereocenters. The Bertz CT molecular complexity index is 1090. The van der Waals surface area contributed by atoms with E-state index in [4.69, 9.17) is 11.6 Å². The normalized spacial score (nSPS) is 10.7. The number of anilines is 1. The van der Waals surface area contributed by atoms with Crippen molar-refractivity contribution < 1.29 is 9.18 Å². The summed E-state index contributed by atoms with van der Waals surface area (Å²) >= 11 is 6.13. The Kier molecular flexibility index (Phi) is 4.48. The molecule has 0 aliphatic carbocycles. The van der Waals surface area contributed by atoms with Crippen LogP contribution < -0.4 is 5.32 Å². The zero-order chi connectivity index (χ0) is 18.8. The van der Waals surface area contributed by atoms with Crippen LogP contribution in [0.3, 0.4) is 0 Å². The molecule has 0 saturated heterocycles. The molecule has 2 aromatic carbocycles. The number of amides is 1. The van der Waals surface area contributed by atoms with Gasteiger partial charge < -0.3 is 9.88 Å². The number of aromatic nitrogens is 3. The smallest absolute Gasteiger partial charge is 0.261 e. The predicted octanol–water partition coefficient (Wildman–Crippen LogP) is 4.71. The number of nitrogens with one attached hydrogen (secondary N) is 1. The molecule has 0 fully saturated rings. The maximum Gasteiger partial charge on any atom is 0.261 e. The lowest BCUT2D eigenvalue weighted by Crippen LogP contribution is -2.15.